The van der Waals surface area contributed by atoms with Crippen molar-refractivity contribution >= 4 is 28.3 Å². The van der Waals surface area contributed by atoms with Gasteiger partial charge in [-0.2, -0.15) is 12.6 Å². The van der Waals surface area contributed by atoms with Gasteiger partial charge >= 0.3 is 0 Å². The highest BCUT2D eigenvalue weighted by molar-refractivity contribution is 7.92. The van der Waals surface area contributed by atoms with Crippen LogP contribution in [0.25, 0.3) is 0 Å². The minimum atomic E-state index is -3.59. The molecule has 1 rings (SSSR count). The van der Waals surface area contributed by atoms with E-state index in [1.807, 2.05) is 4.72 Å². The molecule has 0 saturated carbocycles. The van der Waals surface area contributed by atoms with E-state index in [-0.39, 0.29) is 11.4 Å². The van der Waals surface area contributed by atoms with Crippen molar-refractivity contribution in [3.05, 3.63) is 29.8 Å². The van der Waals surface area contributed by atoms with Gasteiger partial charge in [0.2, 0.25) is 10.0 Å². The standard InChI is InChI=1S/C9H11F2NO2S2/c10-7-2-3-9(8(11)6-7)12-16(13,14)5-1-4-15/h2-3,6,12,15H,1,4-5H2. The molecule has 0 fully saturated rings. The largest absolute Gasteiger partial charge is 0.281 e. The molecule has 0 aromatic heterocycles. The summed E-state index contributed by atoms with van der Waals surface area (Å²) in [6.07, 6.45) is 0.362. The van der Waals surface area contributed by atoms with Crippen molar-refractivity contribution in [1.29, 1.82) is 0 Å². The summed E-state index contributed by atoms with van der Waals surface area (Å²) in [5.41, 5.74) is -0.249. The molecule has 0 saturated heterocycles. The molecule has 0 heterocycles. The summed E-state index contributed by atoms with van der Waals surface area (Å²) in [5.74, 6) is -1.41. The molecule has 0 unspecified atom stereocenters. The third kappa shape index (κ3) is 3.97. The number of rotatable bonds is 5. The zero-order chi connectivity index (χ0) is 12.2. The summed E-state index contributed by atoms with van der Waals surface area (Å²) in [6, 6.07) is 2.65. The van der Waals surface area contributed by atoms with Crippen molar-refractivity contribution in [2.24, 2.45) is 0 Å². The molecular weight excluding hydrogens is 256 g/mol. The van der Waals surface area contributed by atoms with Crippen LogP contribution in [-0.2, 0) is 10.0 Å². The second-order valence-electron chi connectivity index (χ2n) is 3.12. The zero-order valence-corrected chi connectivity index (χ0v) is 9.99. The van der Waals surface area contributed by atoms with Crippen molar-refractivity contribution in [1.82, 2.24) is 0 Å². The van der Waals surface area contributed by atoms with Gasteiger partial charge in [0.1, 0.15) is 11.6 Å². The Morgan fingerprint density at radius 1 is 1.31 bits per heavy atom. The van der Waals surface area contributed by atoms with Crippen LogP contribution in [-0.4, -0.2) is 19.9 Å². The maximum Gasteiger partial charge on any atom is 0.232 e. The Morgan fingerprint density at radius 2 is 2.00 bits per heavy atom. The van der Waals surface area contributed by atoms with E-state index in [0.717, 1.165) is 12.1 Å². The number of hydrogen-bond acceptors (Lipinski definition) is 3. The first-order chi connectivity index (χ1) is 7.44. The van der Waals surface area contributed by atoms with Gasteiger partial charge in [-0.05, 0) is 24.3 Å². The van der Waals surface area contributed by atoms with Crippen LogP contribution in [0.3, 0.4) is 0 Å². The minimum absolute atomic E-state index is 0.146. The number of halogens is 2. The summed E-state index contributed by atoms with van der Waals surface area (Å²) in [5, 5.41) is 0. The van der Waals surface area contributed by atoms with Crippen molar-refractivity contribution in [2.75, 3.05) is 16.2 Å². The highest BCUT2D eigenvalue weighted by Gasteiger charge is 2.12. The van der Waals surface area contributed by atoms with Crippen LogP contribution in [0.1, 0.15) is 6.42 Å². The maximum absolute atomic E-state index is 13.1. The molecule has 0 aliphatic heterocycles. The molecule has 16 heavy (non-hydrogen) atoms. The van der Waals surface area contributed by atoms with Gasteiger partial charge in [-0.25, -0.2) is 17.2 Å². The average Bonchev–Trinajstić information content (AvgIpc) is 2.19. The normalized spacial score (nSPS) is 11.4. The lowest BCUT2D eigenvalue weighted by molar-refractivity contribution is 0.582. The summed E-state index contributed by atoms with van der Waals surface area (Å²) < 4.78 is 50.5. The molecular formula is C9H11F2NO2S2. The maximum atomic E-state index is 13.1. The molecule has 1 aromatic carbocycles. The predicted octanol–water partition coefficient (Wildman–Crippen LogP) is 2.03. The van der Waals surface area contributed by atoms with Crippen molar-refractivity contribution < 1.29 is 17.2 Å². The van der Waals surface area contributed by atoms with Crippen LogP contribution in [0, 0.1) is 11.6 Å². The molecule has 0 atom stereocenters. The number of nitrogens with one attached hydrogen (secondary N) is 1. The van der Waals surface area contributed by atoms with E-state index in [4.69, 9.17) is 0 Å². The lowest BCUT2D eigenvalue weighted by Crippen LogP contribution is -2.17. The Labute approximate surface area is 98.3 Å². The van der Waals surface area contributed by atoms with Crippen LogP contribution in [0.4, 0.5) is 14.5 Å². The number of thiol groups is 1. The summed E-state index contributed by atoms with van der Waals surface area (Å²) in [7, 11) is -3.59. The Kier molecular flexibility index (Phi) is 4.55. The van der Waals surface area contributed by atoms with E-state index in [0.29, 0.717) is 18.2 Å². The van der Waals surface area contributed by atoms with E-state index in [1.54, 1.807) is 0 Å². The minimum Gasteiger partial charge on any atom is -0.281 e. The van der Waals surface area contributed by atoms with Gasteiger partial charge in [-0.1, -0.05) is 0 Å². The molecule has 0 aliphatic carbocycles. The van der Waals surface area contributed by atoms with Crippen LogP contribution in [0.5, 0.6) is 0 Å². The highest BCUT2D eigenvalue weighted by Crippen LogP contribution is 2.16. The first-order valence-corrected chi connectivity index (χ1v) is 6.79. The van der Waals surface area contributed by atoms with Gasteiger partial charge in [0.25, 0.3) is 0 Å². The highest BCUT2D eigenvalue weighted by atomic mass is 32.2. The smallest absolute Gasteiger partial charge is 0.232 e. The monoisotopic (exact) mass is 267 g/mol. The van der Waals surface area contributed by atoms with E-state index in [9.17, 15) is 17.2 Å². The molecule has 0 bridgehead atoms. The first-order valence-electron chi connectivity index (χ1n) is 4.51. The molecule has 0 aliphatic rings. The second kappa shape index (κ2) is 5.49. The second-order valence-corrected chi connectivity index (χ2v) is 5.41. The van der Waals surface area contributed by atoms with Gasteiger partial charge in [0.15, 0.2) is 0 Å². The van der Waals surface area contributed by atoms with E-state index in [1.165, 1.54) is 0 Å². The fraction of sp³-hybridized carbons (Fsp3) is 0.333. The number of hydrogen-bond donors (Lipinski definition) is 2. The Morgan fingerprint density at radius 3 is 2.56 bits per heavy atom. The van der Waals surface area contributed by atoms with Gasteiger partial charge in [-0.3, -0.25) is 4.72 Å². The molecule has 0 spiro atoms. The Balaban J connectivity index is 2.80. The number of sulfonamides is 1. The third-order valence-electron chi connectivity index (χ3n) is 1.77. The van der Waals surface area contributed by atoms with Gasteiger partial charge < -0.3 is 0 Å². The molecule has 0 radical (unpaired) electrons. The van der Waals surface area contributed by atoms with Crippen molar-refractivity contribution in [3.63, 3.8) is 0 Å². The van der Waals surface area contributed by atoms with Gasteiger partial charge in [0.05, 0.1) is 11.4 Å². The number of anilines is 1. The van der Waals surface area contributed by atoms with E-state index < -0.39 is 21.7 Å². The SMILES string of the molecule is O=S(=O)(CCCS)Nc1ccc(F)cc1F. The predicted molar refractivity (Wildman–Crippen MR) is 62.2 cm³/mol. The molecule has 7 heteroatoms. The van der Waals surface area contributed by atoms with E-state index >= 15 is 0 Å². The topological polar surface area (TPSA) is 46.2 Å². The third-order valence-corrected chi connectivity index (χ3v) is 3.44. The zero-order valence-electron chi connectivity index (χ0n) is 8.28. The number of benzene rings is 1. The fourth-order valence-corrected chi connectivity index (χ4v) is 2.54. The molecule has 3 nitrogen and oxygen atoms in total. The van der Waals surface area contributed by atoms with Crippen LogP contribution in [0.2, 0.25) is 0 Å². The molecule has 1 N–H and O–H groups in total. The Hall–Kier alpha value is -0.820. The van der Waals surface area contributed by atoms with Crippen molar-refractivity contribution in [3.8, 4) is 0 Å². The Bertz CT molecular complexity index is 463. The lowest BCUT2D eigenvalue weighted by atomic mass is 10.3. The summed E-state index contributed by atoms with van der Waals surface area (Å²) in [4.78, 5) is 0. The molecule has 0 amide bonds. The average molecular weight is 267 g/mol. The molecule has 90 valence electrons. The van der Waals surface area contributed by atoms with Gasteiger partial charge in [-0.15, -0.1) is 0 Å². The molecule has 1 aromatic rings. The summed E-state index contributed by atoms with van der Waals surface area (Å²) >= 11 is 3.88. The van der Waals surface area contributed by atoms with E-state index in [2.05, 4.69) is 12.6 Å². The van der Waals surface area contributed by atoms with Crippen LogP contribution in [0.15, 0.2) is 18.2 Å². The quantitative estimate of drug-likeness (QED) is 0.802. The van der Waals surface area contributed by atoms with Crippen LogP contribution < -0.4 is 4.72 Å². The van der Waals surface area contributed by atoms with Gasteiger partial charge in [0, 0.05) is 6.07 Å². The van der Waals surface area contributed by atoms with Crippen molar-refractivity contribution in [2.45, 2.75) is 6.42 Å². The fourth-order valence-electron chi connectivity index (χ4n) is 1.05. The lowest BCUT2D eigenvalue weighted by Gasteiger charge is -2.08. The first kappa shape index (κ1) is 13.2. The van der Waals surface area contributed by atoms with Crippen LogP contribution >= 0.6 is 12.6 Å². The summed E-state index contributed by atoms with van der Waals surface area (Å²) in [6.45, 7) is 0.